The van der Waals surface area contributed by atoms with Gasteiger partial charge in [-0.15, -0.1) is 0 Å². The highest BCUT2D eigenvalue weighted by molar-refractivity contribution is 6.31. The number of hydrogen-bond donors (Lipinski definition) is 1. The van der Waals surface area contributed by atoms with Gasteiger partial charge in [-0.25, -0.2) is 9.07 Å². The molecule has 0 aliphatic carbocycles. The van der Waals surface area contributed by atoms with Crippen molar-refractivity contribution in [3.05, 3.63) is 46.0 Å². The van der Waals surface area contributed by atoms with Crippen LogP contribution in [0.25, 0.3) is 5.69 Å². The molecule has 0 radical (unpaired) electrons. The number of aryl methyl sites for hydroxylation is 1. The molecule has 1 atom stereocenters. The monoisotopic (exact) mass is 281 g/mol. The molecule has 0 amide bonds. The Morgan fingerprint density at radius 1 is 1.42 bits per heavy atom. The van der Waals surface area contributed by atoms with Crippen molar-refractivity contribution in [2.45, 2.75) is 33.2 Å². The van der Waals surface area contributed by atoms with Gasteiger partial charge in [-0.05, 0) is 38.8 Å². The van der Waals surface area contributed by atoms with E-state index in [1.165, 1.54) is 6.07 Å². The summed E-state index contributed by atoms with van der Waals surface area (Å²) in [6.07, 6.45) is 0.586. The minimum atomic E-state index is -0.319. The Bertz CT molecular complexity index is 605. The van der Waals surface area contributed by atoms with Crippen LogP contribution in [0.5, 0.6) is 0 Å². The Morgan fingerprint density at radius 2 is 2.11 bits per heavy atom. The smallest absolute Gasteiger partial charge is 0.149 e. The van der Waals surface area contributed by atoms with E-state index in [-0.39, 0.29) is 11.9 Å². The molecule has 0 saturated carbocycles. The molecule has 1 aromatic carbocycles. The van der Waals surface area contributed by atoms with E-state index in [9.17, 15) is 4.39 Å². The number of para-hydroxylation sites is 1. The summed E-state index contributed by atoms with van der Waals surface area (Å²) in [4.78, 5) is 0. The minimum absolute atomic E-state index is 0.0482. The lowest BCUT2D eigenvalue weighted by molar-refractivity contribution is 0.600. The molecule has 1 heterocycles. The average molecular weight is 282 g/mol. The van der Waals surface area contributed by atoms with E-state index in [0.717, 1.165) is 11.3 Å². The van der Waals surface area contributed by atoms with Crippen LogP contribution in [0.15, 0.2) is 18.2 Å². The summed E-state index contributed by atoms with van der Waals surface area (Å²) in [6, 6.07) is 4.92. The first-order valence-electron chi connectivity index (χ1n) is 6.17. The van der Waals surface area contributed by atoms with E-state index in [2.05, 4.69) is 5.10 Å². The van der Waals surface area contributed by atoms with E-state index in [4.69, 9.17) is 17.3 Å². The summed E-state index contributed by atoms with van der Waals surface area (Å²) in [7, 11) is 0. The fourth-order valence-electron chi connectivity index (χ4n) is 2.15. The van der Waals surface area contributed by atoms with Gasteiger partial charge in [-0.2, -0.15) is 5.10 Å². The number of hydrogen-bond acceptors (Lipinski definition) is 2. The Labute approximate surface area is 117 Å². The molecule has 0 saturated heterocycles. The quantitative estimate of drug-likeness (QED) is 0.939. The van der Waals surface area contributed by atoms with Crippen molar-refractivity contribution in [3.8, 4) is 5.69 Å². The number of halogens is 2. The summed E-state index contributed by atoms with van der Waals surface area (Å²) in [5, 5.41) is 4.88. The SMILES string of the molecule is Cc1nn(-c2c(F)cccc2CC(C)N)c(C)c1Cl. The van der Waals surface area contributed by atoms with Crippen LogP contribution in [-0.4, -0.2) is 15.8 Å². The molecule has 0 bridgehead atoms. The highest BCUT2D eigenvalue weighted by atomic mass is 35.5. The van der Waals surface area contributed by atoms with Crippen molar-refractivity contribution in [3.63, 3.8) is 0 Å². The number of aromatic nitrogens is 2. The molecule has 1 unspecified atom stereocenters. The first-order valence-corrected chi connectivity index (χ1v) is 6.54. The Kier molecular flexibility index (Phi) is 3.92. The molecule has 2 aromatic rings. The van der Waals surface area contributed by atoms with Crippen LogP contribution in [0.1, 0.15) is 23.9 Å². The lowest BCUT2D eigenvalue weighted by atomic mass is 10.1. The predicted octanol–water partition coefficient (Wildman–Crippen LogP) is 3.17. The third kappa shape index (κ3) is 2.65. The summed E-state index contributed by atoms with van der Waals surface area (Å²) in [5.74, 6) is -0.319. The minimum Gasteiger partial charge on any atom is -0.328 e. The maximum Gasteiger partial charge on any atom is 0.149 e. The second-order valence-electron chi connectivity index (χ2n) is 4.83. The molecule has 102 valence electrons. The lowest BCUT2D eigenvalue weighted by Gasteiger charge is -2.14. The molecule has 5 heteroatoms. The van der Waals surface area contributed by atoms with Gasteiger partial charge in [0.15, 0.2) is 0 Å². The standard InChI is InChI=1S/C14H17ClFN3/c1-8(17)7-11-5-4-6-12(16)14(11)19-10(3)13(15)9(2)18-19/h4-6,8H,7,17H2,1-3H3. The lowest BCUT2D eigenvalue weighted by Crippen LogP contribution is -2.19. The van der Waals surface area contributed by atoms with Gasteiger partial charge in [-0.1, -0.05) is 23.7 Å². The Morgan fingerprint density at radius 3 is 2.63 bits per heavy atom. The summed E-state index contributed by atoms with van der Waals surface area (Å²) in [6.45, 7) is 5.52. The van der Waals surface area contributed by atoms with Gasteiger partial charge in [0.25, 0.3) is 0 Å². The molecule has 19 heavy (non-hydrogen) atoms. The van der Waals surface area contributed by atoms with E-state index in [0.29, 0.717) is 22.8 Å². The second kappa shape index (κ2) is 5.31. The molecule has 2 N–H and O–H groups in total. The summed E-state index contributed by atoms with van der Waals surface area (Å²) < 4.78 is 15.7. The zero-order valence-corrected chi connectivity index (χ0v) is 12.0. The van der Waals surface area contributed by atoms with Crippen LogP contribution >= 0.6 is 11.6 Å². The molecule has 3 nitrogen and oxygen atoms in total. The van der Waals surface area contributed by atoms with Crippen LogP contribution < -0.4 is 5.73 Å². The molecule has 2 rings (SSSR count). The van der Waals surface area contributed by atoms with Crippen molar-refractivity contribution < 1.29 is 4.39 Å². The maximum absolute atomic E-state index is 14.2. The molecule has 1 aromatic heterocycles. The van der Waals surface area contributed by atoms with E-state index in [1.54, 1.807) is 17.7 Å². The van der Waals surface area contributed by atoms with Crippen molar-refractivity contribution in [1.29, 1.82) is 0 Å². The van der Waals surface area contributed by atoms with Crippen molar-refractivity contribution >= 4 is 11.6 Å². The third-order valence-corrected chi connectivity index (χ3v) is 3.57. The van der Waals surface area contributed by atoms with Gasteiger partial charge >= 0.3 is 0 Å². The van der Waals surface area contributed by atoms with Crippen LogP contribution in [0, 0.1) is 19.7 Å². The van der Waals surface area contributed by atoms with Gasteiger partial charge < -0.3 is 5.73 Å². The molecular formula is C14H17ClFN3. The van der Waals surface area contributed by atoms with Gasteiger partial charge in [0.05, 0.1) is 16.4 Å². The average Bonchev–Trinajstić information content (AvgIpc) is 2.57. The summed E-state index contributed by atoms with van der Waals surface area (Å²) >= 11 is 6.13. The van der Waals surface area contributed by atoms with Crippen LogP contribution in [-0.2, 0) is 6.42 Å². The topological polar surface area (TPSA) is 43.8 Å². The Hall–Kier alpha value is -1.39. The predicted molar refractivity (Wildman–Crippen MR) is 75.4 cm³/mol. The molecule has 0 spiro atoms. The number of nitrogens with two attached hydrogens (primary N) is 1. The summed E-state index contributed by atoms with van der Waals surface area (Å²) in [5.41, 5.74) is 8.51. The number of rotatable bonds is 3. The normalized spacial score (nSPS) is 12.7. The van der Waals surface area contributed by atoms with Crippen molar-refractivity contribution in [2.24, 2.45) is 5.73 Å². The fraction of sp³-hybridized carbons (Fsp3) is 0.357. The molecule has 0 aliphatic rings. The highest BCUT2D eigenvalue weighted by Crippen LogP contribution is 2.26. The molecular weight excluding hydrogens is 265 g/mol. The van der Waals surface area contributed by atoms with E-state index < -0.39 is 0 Å². The number of nitrogens with zero attached hydrogens (tertiary/aromatic N) is 2. The Balaban J connectivity index is 2.63. The third-order valence-electron chi connectivity index (χ3n) is 3.03. The van der Waals surface area contributed by atoms with Gasteiger partial charge in [0.1, 0.15) is 11.5 Å². The van der Waals surface area contributed by atoms with E-state index >= 15 is 0 Å². The van der Waals surface area contributed by atoms with Crippen LogP contribution in [0.4, 0.5) is 4.39 Å². The maximum atomic E-state index is 14.2. The van der Waals surface area contributed by atoms with Crippen molar-refractivity contribution in [1.82, 2.24) is 9.78 Å². The van der Waals surface area contributed by atoms with Gasteiger partial charge in [0, 0.05) is 6.04 Å². The molecule has 0 fully saturated rings. The first-order chi connectivity index (χ1) is 8.91. The zero-order chi connectivity index (χ0) is 14.2. The largest absolute Gasteiger partial charge is 0.328 e. The number of benzene rings is 1. The van der Waals surface area contributed by atoms with Crippen LogP contribution in [0.3, 0.4) is 0 Å². The van der Waals surface area contributed by atoms with Crippen molar-refractivity contribution in [2.75, 3.05) is 0 Å². The zero-order valence-electron chi connectivity index (χ0n) is 11.2. The van der Waals surface area contributed by atoms with E-state index in [1.807, 2.05) is 19.9 Å². The first kappa shape index (κ1) is 14.0. The molecule has 0 aliphatic heterocycles. The fourth-order valence-corrected chi connectivity index (χ4v) is 2.27. The second-order valence-corrected chi connectivity index (χ2v) is 5.20. The van der Waals surface area contributed by atoms with Gasteiger partial charge in [-0.3, -0.25) is 0 Å². The highest BCUT2D eigenvalue weighted by Gasteiger charge is 2.17. The van der Waals surface area contributed by atoms with Crippen LogP contribution in [0.2, 0.25) is 5.02 Å². The van der Waals surface area contributed by atoms with Gasteiger partial charge in [0.2, 0.25) is 0 Å².